The first kappa shape index (κ1) is 17.0. The summed E-state index contributed by atoms with van der Waals surface area (Å²) in [6, 6.07) is 11.4. The lowest BCUT2D eigenvalue weighted by molar-refractivity contribution is -0.119. The van der Waals surface area contributed by atoms with E-state index < -0.39 is 0 Å². The summed E-state index contributed by atoms with van der Waals surface area (Å²) in [5.41, 5.74) is 2.71. The average Bonchev–Trinajstić information content (AvgIpc) is 3.08. The molecule has 0 radical (unpaired) electrons. The van der Waals surface area contributed by atoms with Crippen molar-refractivity contribution in [3.63, 3.8) is 0 Å². The zero-order chi connectivity index (χ0) is 17.6. The minimum Gasteiger partial charge on any atom is -0.361 e. The minimum absolute atomic E-state index is 0.0512. The van der Waals surface area contributed by atoms with E-state index in [1.54, 1.807) is 23.2 Å². The predicted molar refractivity (Wildman–Crippen MR) is 97.8 cm³/mol. The first-order valence-corrected chi connectivity index (χ1v) is 8.55. The summed E-state index contributed by atoms with van der Waals surface area (Å²) in [5.74, 6) is 0.451. The van der Waals surface area contributed by atoms with Crippen molar-refractivity contribution in [1.29, 1.82) is 0 Å². The Morgan fingerprint density at radius 1 is 1.20 bits per heavy atom. The molecule has 1 aromatic carbocycles. The van der Waals surface area contributed by atoms with E-state index in [1.165, 1.54) is 5.56 Å². The number of amides is 2. The van der Waals surface area contributed by atoms with Crippen LogP contribution in [0.15, 0.2) is 42.6 Å². The van der Waals surface area contributed by atoms with Gasteiger partial charge in [-0.2, -0.15) is 0 Å². The first-order valence-electron chi connectivity index (χ1n) is 8.55. The lowest BCUT2D eigenvalue weighted by Gasteiger charge is -2.17. The number of rotatable bonds is 6. The van der Waals surface area contributed by atoms with Crippen LogP contribution in [0.5, 0.6) is 0 Å². The molecule has 2 aromatic rings. The standard InChI is InChI=1S/C19H22N4O2/c1-2-10-20-18(24)13-22-17-8-7-15(12-21-17)19(25)23-11-9-14-5-3-4-6-16(14)23/h3-8,12H,2,9-11,13H2,1H3,(H,20,24)(H,21,22). The van der Waals surface area contributed by atoms with E-state index in [9.17, 15) is 9.59 Å². The van der Waals surface area contributed by atoms with Crippen LogP contribution in [0.1, 0.15) is 29.3 Å². The third-order valence-corrected chi connectivity index (χ3v) is 4.14. The quantitative estimate of drug-likeness (QED) is 0.847. The number of nitrogens with zero attached hydrogens (tertiary/aromatic N) is 2. The number of anilines is 2. The second kappa shape index (κ2) is 7.79. The largest absolute Gasteiger partial charge is 0.361 e. The zero-order valence-corrected chi connectivity index (χ0v) is 14.3. The van der Waals surface area contributed by atoms with Crippen molar-refractivity contribution >= 4 is 23.3 Å². The van der Waals surface area contributed by atoms with Crippen molar-refractivity contribution in [2.75, 3.05) is 29.9 Å². The van der Waals surface area contributed by atoms with Crippen LogP contribution >= 0.6 is 0 Å². The molecular formula is C19H22N4O2. The highest BCUT2D eigenvalue weighted by molar-refractivity contribution is 6.07. The molecule has 1 aromatic heterocycles. The molecule has 1 aliphatic rings. The van der Waals surface area contributed by atoms with Crippen LogP contribution in [0.3, 0.4) is 0 Å². The third kappa shape index (κ3) is 3.96. The molecule has 2 N–H and O–H groups in total. The van der Waals surface area contributed by atoms with Crippen molar-refractivity contribution < 1.29 is 9.59 Å². The SMILES string of the molecule is CCCNC(=O)CNc1ccc(C(=O)N2CCc3ccccc32)cn1. The number of fused-ring (bicyclic) bond motifs is 1. The summed E-state index contributed by atoms with van der Waals surface area (Å²) in [4.78, 5) is 30.3. The van der Waals surface area contributed by atoms with E-state index in [-0.39, 0.29) is 18.4 Å². The summed E-state index contributed by atoms with van der Waals surface area (Å²) in [7, 11) is 0. The second-order valence-electron chi connectivity index (χ2n) is 5.97. The lowest BCUT2D eigenvalue weighted by atomic mass is 10.2. The van der Waals surface area contributed by atoms with Gasteiger partial charge in [-0.1, -0.05) is 25.1 Å². The minimum atomic E-state index is -0.0718. The third-order valence-electron chi connectivity index (χ3n) is 4.14. The number of hydrogen-bond acceptors (Lipinski definition) is 4. The van der Waals surface area contributed by atoms with Gasteiger partial charge < -0.3 is 15.5 Å². The van der Waals surface area contributed by atoms with Crippen molar-refractivity contribution in [3.8, 4) is 0 Å². The molecule has 0 bridgehead atoms. The van der Waals surface area contributed by atoms with Crippen LogP contribution in [0.4, 0.5) is 11.5 Å². The van der Waals surface area contributed by atoms with E-state index in [0.29, 0.717) is 24.5 Å². The van der Waals surface area contributed by atoms with E-state index in [2.05, 4.69) is 21.7 Å². The zero-order valence-electron chi connectivity index (χ0n) is 14.3. The molecule has 3 rings (SSSR count). The van der Waals surface area contributed by atoms with E-state index >= 15 is 0 Å². The number of carbonyl (C=O) groups is 2. The molecule has 0 fully saturated rings. The Morgan fingerprint density at radius 2 is 2.04 bits per heavy atom. The topological polar surface area (TPSA) is 74.3 Å². The molecule has 6 nitrogen and oxygen atoms in total. The highest BCUT2D eigenvalue weighted by Crippen LogP contribution is 2.28. The Morgan fingerprint density at radius 3 is 2.80 bits per heavy atom. The Balaban J connectivity index is 1.61. The molecule has 1 aliphatic heterocycles. The van der Waals surface area contributed by atoms with Gasteiger partial charge in [0.15, 0.2) is 0 Å². The number of aromatic nitrogens is 1. The van der Waals surface area contributed by atoms with Crippen molar-refractivity contribution in [3.05, 3.63) is 53.7 Å². The molecule has 0 saturated carbocycles. The van der Waals surface area contributed by atoms with Gasteiger partial charge >= 0.3 is 0 Å². The van der Waals surface area contributed by atoms with Crippen LogP contribution in [-0.2, 0) is 11.2 Å². The summed E-state index contributed by atoms with van der Waals surface area (Å²) < 4.78 is 0. The van der Waals surface area contributed by atoms with Gasteiger partial charge in [0, 0.05) is 25.0 Å². The summed E-state index contributed by atoms with van der Waals surface area (Å²) >= 11 is 0. The van der Waals surface area contributed by atoms with Gasteiger partial charge in [-0.15, -0.1) is 0 Å². The van der Waals surface area contributed by atoms with Crippen LogP contribution in [0.25, 0.3) is 0 Å². The van der Waals surface area contributed by atoms with E-state index in [4.69, 9.17) is 0 Å². The molecule has 130 valence electrons. The molecule has 0 saturated heterocycles. The number of nitrogens with one attached hydrogen (secondary N) is 2. The maximum absolute atomic E-state index is 12.7. The molecule has 0 atom stereocenters. The number of hydrogen-bond donors (Lipinski definition) is 2. The molecule has 6 heteroatoms. The smallest absolute Gasteiger partial charge is 0.259 e. The van der Waals surface area contributed by atoms with Gasteiger partial charge in [0.05, 0.1) is 12.1 Å². The van der Waals surface area contributed by atoms with Gasteiger partial charge in [-0.25, -0.2) is 4.98 Å². The first-order chi connectivity index (χ1) is 12.2. The summed E-state index contributed by atoms with van der Waals surface area (Å²) in [5, 5.41) is 5.75. The van der Waals surface area contributed by atoms with E-state index in [0.717, 1.165) is 18.5 Å². The van der Waals surface area contributed by atoms with E-state index in [1.807, 2.05) is 25.1 Å². The number of para-hydroxylation sites is 1. The number of carbonyl (C=O) groups excluding carboxylic acids is 2. The van der Waals surface area contributed by atoms with Gasteiger partial charge in [0.25, 0.3) is 5.91 Å². The van der Waals surface area contributed by atoms with Crippen molar-refractivity contribution in [2.45, 2.75) is 19.8 Å². The summed E-state index contributed by atoms with van der Waals surface area (Å²) in [6.07, 6.45) is 3.33. The van der Waals surface area contributed by atoms with Crippen LogP contribution in [0, 0.1) is 0 Å². The average molecular weight is 338 g/mol. The Hall–Kier alpha value is -2.89. The van der Waals surface area contributed by atoms with Gasteiger partial charge in [-0.05, 0) is 36.6 Å². The second-order valence-corrected chi connectivity index (χ2v) is 5.97. The normalized spacial score (nSPS) is 12.6. The molecule has 0 aliphatic carbocycles. The fraction of sp³-hybridized carbons (Fsp3) is 0.316. The Kier molecular flexibility index (Phi) is 5.28. The lowest BCUT2D eigenvalue weighted by Crippen LogP contribution is -2.30. The monoisotopic (exact) mass is 338 g/mol. The number of benzene rings is 1. The Bertz CT molecular complexity index is 758. The van der Waals surface area contributed by atoms with Gasteiger partial charge in [0.1, 0.15) is 5.82 Å². The molecule has 25 heavy (non-hydrogen) atoms. The van der Waals surface area contributed by atoms with Gasteiger partial charge in [-0.3, -0.25) is 9.59 Å². The fourth-order valence-corrected chi connectivity index (χ4v) is 2.83. The summed E-state index contributed by atoms with van der Waals surface area (Å²) in [6.45, 7) is 3.53. The highest BCUT2D eigenvalue weighted by Gasteiger charge is 2.25. The Labute approximate surface area is 147 Å². The van der Waals surface area contributed by atoms with Crippen LogP contribution in [0.2, 0.25) is 0 Å². The molecular weight excluding hydrogens is 316 g/mol. The molecule has 2 amide bonds. The maximum Gasteiger partial charge on any atom is 0.259 e. The maximum atomic E-state index is 12.7. The van der Waals surface area contributed by atoms with Crippen molar-refractivity contribution in [1.82, 2.24) is 10.3 Å². The highest BCUT2D eigenvalue weighted by atomic mass is 16.2. The van der Waals surface area contributed by atoms with Gasteiger partial charge in [0.2, 0.25) is 5.91 Å². The fourth-order valence-electron chi connectivity index (χ4n) is 2.83. The van der Waals surface area contributed by atoms with Crippen molar-refractivity contribution in [2.24, 2.45) is 0 Å². The molecule has 0 spiro atoms. The predicted octanol–water partition coefficient (Wildman–Crippen LogP) is 2.22. The molecule has 0 unspecified atom stereocenters. The number of pyridine rings is 1. The van der Waals surface area contributed by atoms with Crippen LogP contribution in [-0.4, -0.2) is 36.4 Å². The van der Waals surface area contributed by atoms with Crippen LogP contribution < -0.4 is 15.5 Å². The molecule has 2 heterocycles.